The summed E-state index contributed by atoms with van der Waals surface area (Å²) in [5, 5.41) is 0. The number of hydrogen-bond donors (Lipinski definition) is 1. The van der Waals surface area contributed by atoms with Crippen LogP contribution >= 0.6 is 0 Å². The van der Waals surface area contributed by atoms with E-state index in [1.807, 2.05) is 0 Å². The molecule has 1 N–H and O–H groups in total. The molecular formula is C18H18FNO5S. The van der Waals surface area contributed by atoms with Gasteiger partial charge in [-0.2, -0.15) is 0 Å². The number of rotatable bonds is 7. The van der Waals surface area contributed by atoms with Crippen molar-refractivity contribution in [2.45, 2.75) is 19.4 Å². The molecule has 0 spiro atoms. The third-order valence-corrected chi connectivity index (χ3v) is 4.02. The number of hydrogen-bond acceptors (Lipinski definition) is 5. The van der Waals surface area contributed by atoms with E-state index in [4.69, 9.17) is 4.74 Å². The molecule has 6 nitrogen and oxygen atoms in total. The van der Waals surface area contributed by atoms with Crippen LogP contribution in [0.5, 0.6) is 0 Å². The fourth-order valence-electron chi connectivity index (χ4n) is 2.21. The van der Waals surface area contributed by atoms with E-state index >= 15 is 0 Å². The lowest BCUT2D eigenvalue weighted by Gasteiger charge is -2.13. The van der Waals surface area contributed by atoms with Gasteiger partial charge in [0.15, 0.2) is 6.10 Å². The topological polar surface area (TPSA) is 89.5 Å². The Kier molecular flexibility index (Phi) is 6.10. The number of esters is 1. The number of carbonyl (C=O) groups is 2. The molecule has 138 valence electrons. The van der Waals surface area contributed by atoms with Crippen molar-refractivity contribution in [1.29, 1.82) is 0 Å². The van der Waals surface area contributed by atoms with Crippen molar-refractivity contribution in [3.8, 4) is 0 Å². The van der Waals surface area contributed by atoms with Gasteiger partial charge >= 0.3 is 5.97 Å². The summed E-state index contributed by atoms with van der Waals surface area (Å²) in [5.41, 5.74) is 1.18. The van der Waals surface area contributed by atoms with Crippen LogP contribution in [0.25, 0.3) is 0 Å². The zero-order valence-corrected chi connectivity index (χ0v) is 15.0. The highest BCUT2D eigenvalue weighted by Gasteiger charge is 2.19. The van der Waals surface area contributed by atoms with Crippen LogP contribution in [-0.4, -0.2) is 32.5 Å². The molecule has 0 amide bonds. The van der Waals surface area contributed by atoms with E-state index in [2.05, 4.69) is 4.72 Å². The number of ketones is 1. The highest BCUT2D eigenvalue weighted by atomic mass is 32.2. The van der Waals surface area contributed by atoms with E-state index in [0.717, 1.165) is 6.26 Å². The Bertz CT molecular complexity index is 892. The highest BCUT2D eigenvalue weighted by Crippen LogP contribution is 2.14. The molecule has 1 atom stereocenters. The second kappa shape index (κ2) is 8.09. The Morgan fingerprint density at radius 2 is 1.65 bits per heavy atom. The van der Waals surface area contributed by atoms with Gasteiger partial charge in [-0.15, -0.1) is 0 Å². The maximum absolute atomic E-state index is 12.8. The first-order valence-corrected chi connectivity index (χ1v) is 9.59. The maximum atomic E-state index is 12.8. The number of anilines is 1. The van der Waals surface area contributed by atoms with Crippen molar-refractivity contribution < 1.29 is 27.1 Å². The van der Waals surface area contributed by atoms with Crippen LogP contribution in [-0.2, 0) is 26.0 Å². The third-order valence-electron chi connectivity index (χ3n) is 3.41. The highest BCUT2D eigenvalue weighted by molar-refractivity contribution is 7.92. The van der Waals surface area contributed by atoms with E-state index in [9.17, 15) is 22.4 Å². The van der Waals surface area contributed by atoms with Crippen molar-refractivity contribution in [3.05, 3.63) is 65.5 Å². The second-order valence-corrected chi connectivity index (χ2v) is 7.50. The van der Waals surface area contributed by atoms with E-state index < -0.39 is 33.7 Å². The zero-order valence-electron chi connectivity index (χ0n) is 14.2. The van der Waals surface area contributed by atoms with Gasteiger partial charge in [0, 0.05) is 11.3 Å². The summed E-state index contributed by atoms with van der Waals surface area (Å²) >= 11 is 0. The lowest BCUT2D eigenvalue weighted by molar-refractivity contribution is -0.145. The molecule has 0 fully saturated rings. The molecule has 0 bridgehead atoms. The maximum Gasteiger partial charge on any atom is 0.310 e. The molecule has 0 aromatic heterocycles. The number of Topliss-reactive ketones (excluding diaryl/α,β-unsaturated/α-hetero) is 1. The van der Waals surface area contributed by atoms with Crippen LogP contribution in [0.15, 0.2) is 48.5 Å². The minimum Gasteiger partial charge on any atom is -0.454 e. The number of benzene rings is 2. The molecule has 2 aromatic rings. The fourth-order valence-corrected chi connectivity index (χ4v) is 2.78. The van der Waals surface area contributed by atoms with Crippen molar-refractivity contribution in [1.82, 2.24) is 0 Å². The molecule has 0 aliphatic carbocycles. The summed E-state index contributed by atoms with van der Waals surface area (Å²) in [6.45, 7) is 1.45. The summed E-state index contributed by atoms with van der Waals surface area (Å²) in [4.78, 5) is 24.2. The van der Waals surface area contributed by atoms with E-state index in [0.29, 0.717) is 11.3 Å². The zero-order chi connectivity index (χ0) is 19.3. The summed E-state index contributed by atoms with van der Waals surface area (Å²) in [6, 6.07) is 11.2. The molecule has 0 radical (unpaired) electrons. The molecule has 0 saturated carbocycles. The van der Waals surface area contributed by atoms with Gasteiger partial charge < -0.3 is 4.74 Å². The lowest BCUT2D eigenvalue weighted by atomic mass is 10.1. The summed E-state index contributed by atoms with van der Waals surface area (Å²) in [6.07, 6.45) is -0.0548. The molecule has 2 aromatic carbocycles. The Balaban J connectivity index is 1.95. The van der Waals surface area contributed by atoms with Gasteiger partial charge in [-0.05, 0) is 48.9 Å². The van der Waals surface area contributed by atoms with E-state index in [-0.39, 0.29) is 12.0 Å². The van der Waals surface area contributed by atoms with Crippen LogP contribution in [0.2, 0.25) is 0 Å². The van der Waals surface area contributed by atoms with Crippen molar-refractivity contribution in [3.63, 3.8) is 0 Å². The number of sulfonamides is 1. The molecule has 0 heterocycles. The average molecular weight is 379 g/mol. The number of nitrogens with one attached hydrogen (secondary N) is 1. The Morgan fingerprint density at radius 1 is 1.08 bits per heavy atom. The monoisotopic (exact) mass is 379 g/mol. The molecule has 2 rings (SSSR count). The van der Waals surface area contributed by atoms with Crippen molar-refractivity contribution in [2.24, 2.45) is 0 Å². The van der Waals surface area contributed by atoms with E-state index in [1.54, 1.807) is 0 Å². The Labute approximate surface area is 151 Å². The molecule has 0 saturated heterocycles. The second-order valence-electron chi connectivity index (χ2n) is 5.75. The molecule has 0 aliphatic rings. The molecule has 26 heavy (non-hydrogen) atoms. The minimum absolute atomic E-state index is 0.0743. The first-order chi connectivity index (χ1) is 12.1. The Hall–Kier alpha value is -2.74. The van der Waals surface area contributed by atoms with Gasteiger partial charge in [0.2, 0.25) is 15.8 Å². The van der Waals surface area contributed by atoms with Crippen LogP contribution < -0.4 is 4.72 Å². The number of carbonyl (C=O) groups excluding carboxylic acids is 2. The first-order valence-electron chi connectivity index (χ1n) is 7.70. The van der Waals surface area contributed by atoms with Crippen molar-refractivity contribution >= 4 is 27.5 Å². The SMILES string of the molecule is C[C@H](OC(=O)Cc1ccc(F)cc1)C(=O)c1ccc(NS(C)(=O)=O)cc1. The van der Waals surface area contributed by atoms with Gasteiger partial charge in [0.05, 0.1) is 12.7 Å². The first kappa shape index (κ1) is 19.6. The lowest BCUT2D eigenvalue weighted by Crippen LogP contribution is -2.25. The van der Waals surface area contributed by atoms with Crippen LogP contribution in [0, 0.1) is 5.82 Å². The van der Waals surface area contributed by atoms with E-state index in [1.165, 1.54) is 55.5 Å². The Morgan fingerprint density at radius 3 is 2.19 bits per heavy atom. The quantitative estimate of drug-likeness (QED) is 0.590. The normalized spacial score (nSPS) is 12.3. The summed E-state index contributed by atoms with van der Waals surface area (Å²) in [5.74, 6) is -1.42. The fraction of sp³-hybridized carbons (Fsp3) is 0.222. The van der Waals surface area contributed by atoms with Gasteiger partial charge in [-0.1, -0.05) is 12.1 Å². The van der Waals surface area contributed by atoms with Crippen LogP contribution in [0.1, 0.15) is 22.8 Å². The number of halogens is 1. The predicted octanol–water partition coefficient (Wildman–Crippen LogP) is 2.55. The third kappa shape index (κ3) is 5.96. The summed E-state index contributed by atoms with van der Waals surface area (Å²) < 4.78 is 42.6. The molecule has 0 aliphatic heterocycles. The number of ether oxygens (including phenoxy) is 1. The molecule has 0 unspecified atom stereocenters. The van der Waals surface area contributed by atoms with Crippen molar-refractivity contribution in [2.75, 3.05) is 11.0 Å². The summed E-state index contributed by atoms with van der Waals surface area (Å²) in [7, 11) is -3.40. The molecular weight excluding hydrogens is 361 g/mol. The smallest absolute Gasteiger partial charge is 0.310 e. The van der Waals surface area contributed by atoms with Gasteiger partial charge in [-0.3, -0.25) is 14.3 Å². The average Bonchev–Trinajstić information content (AvgIpc) is 2.55. The minimum atomic E-state index is -3.40. The van der Waals surface area contributed by atoms with Gasteiger partial charge in [-0.25, -0.2) is 12.8 Å². The van der Waals surface area contributed by atoms with Crippen LogP contribution in [0.3, 0.4) is 0 Å². The standard InChI is InChI=1S/C18H18FNO5S/c1-12(25-17(21)11-13-3-7-15(19)8-4-13)18(22)14-5-9-16(10-6-14)20-26(2,23)24/h3-10,12,20H,11H2,1-2H3/t12-/m0/s1. The van der Waals surface area contributed by atoms with Gasteiger partial charge in [0.1, 0.15) is 5.82 Å². The van der Waals surface area contributed by atoms with Gasteiger partial charge in [0.25, 0.3) is 0 Å². The largest absolute Gasteiger partial charge is 0.454 e. The van der Waals surface area contributed by atoms with Crippen LogP contribution in [0.4, 0.5) is 10.1 Å². The molecule has 8 heteroatoms. The predicted molar refractivity (Wildman–Crippen MR) is 94.9 cm³/mol.